The Morgan fingerprint density at radius 1 is 0.567 bits per heavy atom. The van der Waals surface area contributed by atoms with Gasteiger partial charge in [-0.2, -0.15) is 0 Å². The standard InChI is InChI=1S/C24H13Br4NS/c25-14-7-9-19(27)21(10-14)29(16-4-2-1-3-5-16)22-12-18-17-8-6-15(26)11-23(17)30-24(18)13-20(22)28/h1-13H. The second-order valence-corrected chi connectivity index (χ2v) is 11.4. The zero-order chi connectivity index (χ0) is 20.8. The molecule has 30 heavy (non-hydrogen) atoms. The van der Waals surface area contributed by atoms with Crippen molar-refractivity contribution in [2.75, 3.05) is 4.90 Å². The van der Waals surface area contributed by atoms with Crippen LogP contribution in [-0.4, -0.2) is 0 Å². The van der Waals surface area contributed by atoms with Gasteiger partial charge >= 0.3 is 0 Å². The summed E-state index contributed by atoms with van der Waals surface area (Å²) in [5.74, 6) is 0. The van der Waals surface area contributed by atoms with Gasteiger partial charge in [0.05, 0.1) is 11.4 Å². The lowest BCUT2D eigenvalue weighted by atomic mass is 10.1. The largest absolute Gasteiger partial charge is 0.308 e. The summed E-state index contributed by atoms with van der Waals surface area (Å²) >= 11 is 16.7. The Morgan fingerprint density at radius 2 is 1.23 bits per heavy atom. The molecule has 0 aliphatic carbocycles. The minimum absolute atomic E-state index is 1.03. The van der Waals surface area contributed by atoms with Crippen LogP contribution in [0.2, 0.25) is 0 Å². The molecule has 0 bridgehead atoms. The van der Waals surface area contributed by atoms with Crippen LogP contribution in [0.4, 0.5) is 17.1 Å². The van der Waals surface area contributed by atoms with E-state index in [0.717, 1.165) is 35.0 Å². The lowest BCUT2D eigenvalue weighted by Crippen LogP contribution is -2.11. The van der Waals surface area contributed by atoms with Gasteiger partial charge in [-0.25, -0.2) is 0 Å². The average molecular weight is 667 g/mol. The van der Waals surface area contributed by atoms with Crippen LogP contribution in [0.3, 0.4) is 0 Å². The van der Waals surface area contributed by atoms with E-state index >= 15 is 0 Å². The Hall–Kier alpha value is -1.18. The van der Waals surface area contributed by atoms with E-state index in [0.29, 0.717) is 0 Å². The molecule has 6 heteroatoms. The maximum Gasteiger partial charge on any atom is 0.0615 e. The van der Waals surface area contributed by atoms with Crippen LogP contribution in [-0.2, 0) is 0 Å². The molecule has 1 heterocycles. The highest BCUT2D eigenvalue weighted by Crippen LogP contribution is 2.46. The van der Waals surface area contributed by atoms with Crippen molar-refractivity contribution in [2.45, 2.75) is 0 Å². The summed E-state index contributed by atoms with van der Waals surface area (Å²) in [6, 6.07) is 27.7. The maximum atomic E-state index is 3.86. The minimum atomic E-state index is 1.03. The van der Waals surface area contributed by atoms with E-state index in [9.17, 15) is 0 Å². The van der Waals surface area contributed by atoms with Gasteiger partial charge in [0.15, 0.2) is 0 Å². The normalized spacial score (nSPS) is 11.3. The highest BCUT2D eigenvalue weighted by molar-refractivity contribution is 9.11. The van der Waals surface area contributed by atoms with Crippen LogP contribution in [0.1, 0.15) is 0 Å². The van der Waals surface area contributed by atoms with E-state index in [4.69, 9.17) is 0 Å². The molecule has 0 fully saturated rings. The van der Waals surface area contributed by atoms with Crippen molar-refractivity contribution in [3.63, 3.8) is 0 Å². The third-order valence-electron chi connectivity index (χ3n) is 4.91. The molecule has 0 aliphatic heterocycles. The molecule has 1 aromatic heterocycles. The summed E-state index contributed by atoms with van der Waals surface area (Å²) in [7, 11) is 0. The summed E-state index contributed by atoms with van der Waals surface area (Å²) in [6.45, 7) is 0. The zero-order valence-electron chi connectivity index (χ0n) is 15.4. The number of benzene rings is 4. The Bertz CT molecular complexity index is 1400. The summed E-state index contributed by atoms with van der Waals surface area (Å²) in [5.41, 5.74) is 3.26. The molecular weight excluding hydrogens is 654 g/mol. The van der Waals surface area contributed by atoms with Crippen LogP contribution >= 0.6 is 75.1 Å². The highest BCUT2D eigenvalue weighted by Gasteiger charge is 2.20. The Morgan fingerprint density at radius 3 is 2.03 bits per heavy atom. The number of hydrogen-bond acceptors (Lipinski definition) is 2. The van der Waals surface area contributed by atoms with E-state index in [-0.39, 0.29) is 0 Å². The second-order valence-electron chi connectivity index (χ2n) is 6.81. The van der Waals surface area contributed by atoms with Gasteiger partial charge in [-0.1, -0.05) is 56.1 Å². The van der Waals surface area contributed by atoms with E-state index in [1.165, 1.54) is 20.2 Å². The van der Waals surface area contributed by atoms with E-state index in [1.807, 2.05) is 23.5 Å². The molecule has 0 saturated heterocycles. The SMILES string of the molecule is Brc1ccc(Br)c(N(c2ccccc2)c2cc3c(cc2Br)sc2cc(Br)ccc23)c1. The van der Waals surface area contributed by atoms with Crippen molar-refractivity contribution in [1.82, 2.24) is 0 Å². The molecule has 1 nitrogen and oxygen atoms in total. The molecule has 0 unspecified atom stereocenters. The molecule has 0 saturated carbocycles. The molecule has 0 N–H and O–H groups in total. The fourth-order valence-corrected chi connectivity index (χ4v) is 6.70. The molecular formula is C24H13Br4NS. The summed E-state index contributed by atoms with van der Waals surface area (Å²) in [5, 5.41) is 2.53. The van der Waals surface area contributed by atoms with E-state index < -0.39 is 0 Å². The molecule has 4 aromatic carbocycles. The fraction of sp³-hybridized carbons (Fsp3) is 0. The third kappa shape index (κ3) is 3.78. The predicted octanol–water partition coefficient (Wildman–Crippen LogP) is 10.6. The number of halogens is 4. The van der Waals surface area contributed by atoms with Gasteiger partial charge in [0.1, 0.15) is 0 Å². The Labute approximate surface area is 212 Å². The van der Waals surface area contributed by atoms with Gasteiger partial charge < -0.3 is 4.90 Å². The smallest absolute Gasteiger partial charge is 0.0615 e. The van der Waals surface area contributed by atoms with Crippen molar-refractivity contribution < 1.29 is 0 Å². The fourth-order valence-electron chi connectivity index (χ4n) is 3.57. The first kappa shape index (κ1) is 20.7. The molecule has 0 spiro atoms. The number of para-hydroxylation sites is 1. The first-order valence-electron chi connectivity index (χ1n) is 9.13. The third-order valence-corrected chi connectivity index (χ3v) is 8.31. The summed E-state index contributed by atoms with van der Waals surface area (Å²) < 4.78 is 6.75. The first-order chi connectivity index (χ1) is 14.5. The Balaban J connectivity index is 1.81. The van der Waals surface area contributed by atoms with Crippen molar-refractivity contribution in [3.8, 4) is 0 Å². The van der Waals surface area contributed by atoms with Crippen LogP contribution < -0.4 is 4.90 Å². The topological polar surface area (TPSA) is 3.24 Å². The number of anilines is 3. The first-order valence-corrected chi connectivity index (χ1v) is 13.1. The average Bonchev–Trinajstić information content (AvgIpc) is 3.07. The molecule has 0 aliphatic rings. The molecule has 0 amide bonds. The van der Waals surface area contributed by atoms with Crippen LogP contribution in [0, 0.1) is 0 Å². The number of fused-ring (bicyclic) bond motifs is 3. The van der Waals surface area contributed by atoms with E-state index in [2.05, 4.69) is 135 Å². The number of thiophene rings is 1. The monoisotopic (exact) mass is 663 g/mol. The minimum Gasteiger partial charge on any atom is -0.308 e. The lowest BCUT2D eigenvalue weighted by molar-refractivity contribution is 1.27. The molecule has 5 aromatic rings. The predicted molar refractivity (Wildman–Crippen MR) is 145 cm³/mol. The van der Waals surface area contributed by atoms with Crippen LogP contribution in [0.5, 0.6) is 0 Å². The van der Waals surface area contributed by atoms with Gasteiger partial charge in [0.2, 0.25) is 0 Å². The molecule has 5 rings (SSSR count). The summed E-state index contributed by atoms with van der Waals surface area (Å²) in [4.78, 5) is 2.28. The Kier molecular flexibility index (Phi) is 5.80. The van der Waals surface area contributed by atoms with Crippen molar-refractivity contribution in [1.29, 1.82) is 0 Å². The number of nitrogens with zero attached hydrogens (tertiary/aromatic N) is 1. The zero-order valence-corrected chi connectivity index (χ0v) is 22.5. The lowest BCUT2D eigenvalue weighted by Gasteiger charge is -2.28. The van der Waals surface area contributed by atoms with Crippen LogP contribution in [0.25, 0.3) is 20.2 Å². The van der Waals surface area contributed by atoms with E-state index in [1.54, 1.807) is 0 Å². The maximum absolute atomic E-state index is 3.86. The number of rotatable bonds is 3. The van der Waals surface area contributed by atoms with Gasteiger partial charge in [0, 0.05) is 43.8 Å². The van der Waals surface area contributed by atoms with Crippen molar-refractivity contribution >= 4 is 112 Å². The quantitative estimate of drug-likeness (QED) is 0.185. The number of hydrogen-bond donors (Lipinski definition) is 0. The summed E-state index contributed by atoms with van der Waals surface area (Å²) in [6.07, 6.45) is 0. The van der Waals surface area contributed by atoms with Gasteiger partial charge in [0.25, 0.3) is 0 Å². The van der Waals surface area contributed by atoms with Crippen molar-refractivity contribution in [3.05, 3.63) is 96.8 Å². The van der Waals surface area contributed by atoms with Gasteiger partial charge in [-0.15, -0.1) is 11.3 Å². The van der Waals surface area contributed by atoms with Crippen molar-refractivity contribution in [2.24, 2.45) is 0 Å². The van der Waals surface area contributed by atoms with Crippen LogP contribution in [0.15, 0.2) is 96.8 Å². The van der Waals surface area contributed by atoms with Gasteiger partial charge in [-0.3, -0.25) is 0 Å². The molecule has 0 radical (unpaired) electrons. The highest BCUT2D eigenvalue weighted by atomic mass is 79.9. The molecule has 0 atom stereocenters. The second kappa shape index (κ2) is 8.40. The van der Waals surface area contributed by atoms with Gasteiger partial charge in [-0.05, 0) is 86.5 Å². The molecule has 148 valence electrons.